The lowest BCUT2D eigenvalue weighted by atomic mass is 10.1. The zero-order valence-electron chi connectivity index (χ0n) is 15.5. The molecular formula is C20H18N6OS. The highest BCUT2D eigenvalue weighted by Crippen LogP contribution is 2.42. The van der Waals surface area contributed by atoms with Crippen molar-refractivity contribution >= 4 is 33.4 Å². The van der Waals surface area contributed by atoms with Crippen molar-refractivity contribution in [2.45, 2.75) is 25.7 Å². The van der Waals surface area contributed by atoms with Crippen LogP contribution in [0.5, 0.6) is 0 Å². The maximum atomic E-state index is 13.1. The summed E-state index contributed by atoms with van der Waals surface area (Å²) in [5, 5.41) is 18.0. The molecule has 5 rings (SSSR count). The van der Waals surface area contributed by atoms with Gasteiger partial charge in [0.1, 0.15) is 5.01 Å². The van der Waals surface area contributed by atoms with Crippen molar-refractivity contribution in [3.05, 3.63) is 52.7 Å². The molecule has 28 heavy (non-hydrogen) atoms. The van der Waals surface area contributed by atoms with Gasteiger partial charge in [-0.3, -0.25) is 14.8 Å². The van der Waals surface area contributed by atoms with E-state index in [1.807, 2.05) is 50.4 Å². The molecule has 1 aromatic carbocycles. The molecule has 1 N–H and O–H groups in total. The van der Waals surface area contributed by atoms with Crippen LogP contribution in [0.2, 0.25) is 0 Å². The molecule has 1 saturated carbocycles. The predicted molar refractivity (Wildman–Crippen MR) is 109 cm³/mol. The normalized spacial score (nSPS) is 13.8. The second-order valence-corrected chi connectivity index (χ2v) is 8.01. The highest BCUT2D eigenvalue weighted by molar-refractivity contribution is 7.15. The van der Waals surface area contributed by atoms with Crippen LogP contribution in [0.1, 0.15) is 39.8 Å². The molecule has 3 heterocycles. The Kier molecular flexibility index (Phi) is 3.94. The summed E-state index contributed by atoms with van der Waals surface area (Å²) in [4.78, 5) is 17.9. The number of aryl methyl sites for hydroxylation is 2. The zero-order valence-corrected chi connectivity index (χ0v) is 16.3. The third-order valence-corrected chi connectivity index (χ3v) is 5.87. The van der Waals surface area contributed by atoms with E-state index in [-0.39, 0.29) is 5.91 Å². The molecule has 8 heteroatoms. The van der Waals surface area contributed by atoms with Crippen molar-refractivity contribution in [2.24, 2.45) is 7.05 Å². The molecule has 140 valence electrons. The van der Waals surface area contributed by atoms with E-state index in [9.17, 15) is 4.79 Å². The highest BCUT2D eigenvalue weighted by Gasteiger charge is 2.28. The van der Waals surface area contributed by atoms with Crippen molar-refractivity contribution < 1.29 is 4.79 Å². The molecule has 0 bridgehead atoms. The zero-order chi connectivity index (χ0) is 19.3. The Balaban J connectivity index is 1.58. The summed E-state index contributed by atoms with van der Waals surface area (Å²) in [6, 6.07) is 11.6. The Morgan fingerprint density at radius 2 is 2.00 bits per heavy atom. The summed E-state index contributed by atoms with van der Waals surface area (Å²) in [6.07, 6.45) is 2.31. The molecule has 0 saturated heterocycles. The number of carbonyl (C=O) groups is 1. The fourth-order valence-corrected chi connectivity index (χ4v) is 4.23. The van der Waals surface area contributed by atoms with Gasteiger partial charge in [0.05, 0.1) is 22.3 Å². The van der Waals surface area contributed by atoms with E-state index in [4.69, 9.17) is 4.98 Å². The first-order valence-electron chi connectivity index (χ1n) is 9.14. The van der Waals surface area contributed by atoms with Crippen LogP contribution in [-0.4, -0.2) is 30.9 Å². The number of benzene rings is 1. The van der Waals surface area contributed by atoms with Gasteiger partial charge in [-0.1, -0.05) is 41.7 Å². The summed E-state index contributed by atoms with van der Waals surface area (Å²) >= 11 is 1.45. The summed E-state index contributed by atoms with van der Waals surface area (Å²) in [6.45, 7) is 1.89. The number of carbonyl (C=O) groups excluding carboxylic acids is 1. The summed E-state index contributed by atoms with van der Waals surface area (Å²) in [7, 11) is 1.84. The van der Waals surface area contributed by atoms with Gasteiger partial charge in [-0.15, -0.1) is 10.2 Å². The smallest absolute Gasteiger partial charge is 0.258 e. The van der Waals surface area contributed by atoms with Gasteiger partial charge in [-0.2, -0.15) is 5.10 Å². The number of rotatable bonds is 4. The number of nitrogens with zero attached hydrogens (tertiary/aromatic N) is 5. The Morgan fingerprint density at radius 3 is 2.75 bits per heavy atom. The van der Waals surface area contributed by atoms with Crippen LogP contribution in [0.15, 0.2) is 36.4 Å². The number of fused-ring (bicyclic) bond motifs is 1. The SMILES string of the molecule is Cc1nn(C)c2nc(-c3ccccc3)cc(C(=O)Nc3nnc(C4CC4)s3)c12. The van der Waals surface area contributed by atoms with Crippen molar-refractivity contribution in [3.63, 3.8) is 0 Å². The van der Waals surface area contributed by atoms with Crippen LogP contribution in [0.3, 0.4) is 0 Å². The second-order valence-electron chi connectivity index (χ2n) is 7.00. The molecule has 1 aliphatic carbocycles. The van der Waals surface area contributed by atoms with E-state index in [1.54, 1.807) is 4.68 Å². The van der Waals surface area contributed by atoms with E-state index < -0.39 is 0 Å². The Hall–Kier alpha value is -3.13. The van der Waals surface area contributed by atoms with Gasteiger partial charge >= 0.3 is 0 Å². The Labute approximate surface area is 165 Å². The highest BCUT2D eigenvalue weighted by atomic mass is 32.1. The predicted octanol–water partition coefficient (Wildman–Crippen LogP) is 3.92. The number of hydrogen-bond acceptors (Lipinski definition) is 6. The first kappa shape index (κ1) is 17.0. The van der Waals surface area contributed by atoms with Gasteiger partial charge < -0.3 is 0 Å². The number of pyridine rings is 1. The van der Waals surface area contributed by atoms with E-state index in [1.165, 1.54) is 11.3 Å². The van der Waals surface area contributed by atoms with E-state index in [0.29, 0.717) is 22.3 Å². The van der Waals surface area contributed by atoms with Gasteiger partial charge in [0.2, 0.25) is 5.13 Å². The summed E-state index contributed by atoms with van der Waals surface area (Å²) in [5.74, 6) is 0.292. The fourth-order valence-electron chi connectivity index (χ4n) is 3.33. The van der Waals surface area contributed by atoms with Gasteiger partial charge in [-0.05, 0) is 25.8 Å². The summed E-state index contributed by atoms with van der Waals surface area (Å²) < 4.78 is 1.71. The molecule has 7 nitrogen and oxygen atoms in total. The number of nitrogens with one attached hydrogen (secondary N) is 1. The van der Waals surface area contributed by atoms with Crippen molar-refractivity contribution in [2.75, 3.05) is 5.32 Å². The third-order valence-electron chi connectivity index (χ3n) is 4.87. The van der Waals surface area contributed by atoms with Crippen LogP contribution >= 0.6 is 11.3 Å². The first-order chi connectivity index (χ1) is 13.6. The summed E-state index contributed by atoms with van der Waals surface area (Å²) in [5.41, 5.74) is 3.67. The van der Waals surface area contributed by atoms with E-state index in [0.717, 1.165) is 40.2 Å². The molecule has 0 atom stereocenters. The van der Waals surface area contributed by atoms with Crippen molar-refractivity contribution in [1.29, 1.82) is 0 Å². The lowest BCUT2D eigenvalue weighted by molar-refractivity contribution is 0.102. The quantitative estimate of drug-likeness (QED) is 0.571. The van der Waals surface area contributed by atoms with Gasteiger partial charge in [-0.25, -0.2) is 4.98 Å². The lowest BCUT2D eigenvalue weighted by Gasteiger charge is -2.08. The Morgan fingerprint density at radius 1 is 1.21 bits per heavy atom. The standard InChI is InChI=1S/C20H18N6OS/c1-11-16-14(18(27)22-20-24-23-19(28-20)13-8-9-13)10-15(12-6-4-3-5-7-12)21-17(16)26(2)25-11/h3-7,10,13H,8-9H2,1-2H3,(H,22,24,27). The molecule has 0 aliphatic heterocycles. The minimum atomic E-state index is -0.223. The number of hydrogen-bond donors (Lipinski definition) is 1. The van der Waals surface area contributed by atoms with Crippen LogP contribution in [0, 0.1) is 6.92 Å². The molecule has 4 aromatic rings. The minimum Gasteiger partial charge on any atom is -0.296 e. The molecule has 0 unspecified atom stereocenters. The van der Waals surface area contributed by atoms with Crippen molar-refractivity contribution in [3.8, 4) is 11.3 Å². The maximum Gasteiger partial charge on any atom is 0.258 e. The largest absolute Gasteiger partial charge is 0.296 e. The molecule has 3 aromatic heterocycles. The topological polar surface area (TPSA) is 85.6 Å². The van der Waals surface area contributed by atoms with Crippen LogP contribution < -0.4 is 5.32 Å². The van der Waals surface area contributed by atoms with Crippen LogP contribution in [-0.2, 0) is 7.05 Å². The molecule has 0 radical (unpaired) electrons. The van der Waals surface area contributed by atoms with Crippen LogP contribution in [0.4, 0.5) is 5.13 Å². The van der Waals surface area contributed by atoms with E-state index >= 15 is 0 Å². The van der Waals surface area contributed by atoms with E-state index in [2.05, 4.69) is 20.6 Å². The average Bonchev–Trinajstić information content (AvgIpc) is 3.39. The number of amides is 1. The monoisotopic (exact) mass is 390 g/mol. The van der Waals surface area contributed by atoms with Gasteiger partial charge in [0.15, 0.2) is 5.65 Å². The van der Waals surface area contributed by atoms with Gasteiger partial charge in [0.25, 0.3) is 5.91 Å². The maximum absolute atomic E-state index is 13.1. The van der Waals surface area contributed by atoms with Crippen molar-refractivity contribution in [1.82, 2.24) is 25.0 Å². The molecule has 1 aliphatic rings. The average molecular weight is 390 g/mol. The first-order valence-corrected chi connectivity index (χ1v) is 9.96. The number of aromatic nitrogens is 5. The van der Waals surface area contributed by atoms with Crippen LogP contribution in [0.25, 0.3) is 22.3 Å². The molecule has 1 amide bonds. The van der Waals surface area contributed by atoms with Gasteiger partial charge in [0, 0.05) is 18.5 Å². The third kappa shape index (κ3) is 2.95. The minimum absolute atomic E-state index is 0.223. The Bertz CT molecular complexity index is 1190. The molecule has 0 spiro atoms. The molecule has 1 fully saturated rings. The lowest BCUT2D eigenvalue weighted by Crippen LogP contribution is -2.13. The second kappa shape index (κ2) is 6.49. The number of anilines is 1. The molecular weight excluding hydrogens is 372 g/mol. The fraction of sp³-hybridized carbons (Fsp3) is 0.250.